The Balaban J connectivity index is 1.86. The average molecular weight is 291 g/mol. The molecule has 2 atom stereocenters. The molecule has 0 aromatic heterocycles. The van der Waals surface area contributed by atoms with Gasteiger partial charge in [0, 0.05) is 11.8 Å². The van der Waals surface area contributed by atoms with E-state index in [0.717, 1.165) is 12.8 Å². The van der Waals surface area contributed by atoms with Crippen LogP contribution in [0, 0.1) is 11.8 Å². The lowest BCUT2D eigenvalue weighted by Crippen LogP contribution is -2.54. The summed E-state index contributed by atoms with van der Waals surface area (Å²) in [5.41, 5.74) is 5.02. The summed E-state index contributed by atoms with van der Waals surface area (Å²) in [5.74, 6) is -0.0492. The van der Waals surface area contributed by atoms with Crippen LogP contribution in [0.5, 0.6) is 0 Å². The molecule has 0 aliphatic heterocycles. The van der Waals surface area contributed by atoms with E-state index in [1.165, 1.54) is 22.3 Å². The molecule has 0 amide bonds. The number of carbonyl (C=O) groups excluding carboxylic acids is 1. The summed E-state index contributed by atoms with van der Waals surface area (Å²) in [6.07, 6.45) is 14.3. The number of allylic oxidation sites excluding steroid dienone is 10. The Morgan fingerprint density at radius 3 is 2.79 bits per heavy atom. The van der Waals surface area contributed by atoms with Crippen molar-refractivity contribution in [2.45, 2.75) is 17.2 Å². The first kappa shape index (κ1) is 11.7. The summed E-state index contributed by atoms with van der Waals surface area (Å²) in [6, 6.07) is 0. The van der Waals surface area contributed by atoms with E-state index in [4.69, 9.17) is 23.2 Å². The van der Waals surface area contributed by atoms with E-state index < -0.39 is 4.33 Å². The van der Waals surface area contributed by atoms with Crippen LogP contribution in [0.4, 0.5) is 0 Å². The van der Waals surface area contributed by atoms with E-state index in [1.54, 1.807) is 0 Å². The van der Waals surface area contributed by atoms with Gasteiger partial charge in [0.15, 0.2) is 10.1 Å². The van der Waals surface area contributed by atoms with Gasteiger partial charge in [0.25, 0.3) is 0 Å². The Kier molecular flexibility index (Phi) is 2.31. The number of alkyl halides is 2. The molecule has 0 aromatic rings. The van der Waals surface area contributed by atoms with Crippen LogP contribution in [-0.2, 0) is 4.79 Å². The predicted octanol–water partition coefficient (Wildman–Crippen LogP) is 4.06. The fourth-order valence-electron chi connectivity index (χ4n) is 3.58. The number of halogens is 2. The summed E-state index contributed by atoms with van der Waals surface area (Å²) in [7, 11) is 0. The van der Waals surface area contributed by atoms with Crippen LogP contribution in [0.25, 0.3) is 0 Å². The first-order valence-corrected chi connectivity index (χ1v) is 7.24. The van der Waals surface area contributed by atoms with Crippen molar-refractivity contribution in [2.75, 3.05) is 0 Å². The fraction of sp³-hybridized carbons (Fsp3) is 0.312. The molecule has 1 fully saturated rings. The van der Waals surface area contributed by atoms with E-state index in [9.17, 15) is 4.79 Å². The van der Waals surface area contributed by atoms with Crippen LogP contribution in [0.3, 0.4) is 0 Å². The lowest BCUT2D eigenvalue weighted by atomic mass is 9.70. The second-order valence-electron chi connectivity index (χ2n) is 5.54. The van der Waals surface area contributed by atoms with Crippen LogP contribution in [0.2, 0.25) is 0 Å². The molecule has 0 aromatic carbocycles. The monoisotopic (exact) mass is 290 g/mol. The van der Waals surface area contributed by atoms with Crippen LogP contribution < -0.4 is 0 Å². The Bertz CT molecular complexity index is 644. The Hall–Kier alpha value is -1.05. The lowest BCUT2D eigenvalue weighted by Gasteiger charge is -2.42. The van der Waals surface area contributed by atoms with Gasteiger partial charge in [-0.25, -0.2) is 0 Å². The summed E-state index contributed by atoms with van der Waals surface area (Å²) in [5, 5.41) is 0. The molecule has 0 radical (unpaired) electrons. The van der Waals surface area contributed by atoms with Crippen molar-refractivity contribution >= 4 is 29.0 Å². The van der Waals surface area contributed by atoms with Crippen molar-refractivity contribution in [3.63, 3.8) is 0 Å². The van der Waals surface area contributed by atoms with Gasteiger partial charge in [-0.05, 0) is 35.1 Å². The summed E-state index contributed by atoms with van der Waals surface area (Å²) >= 11 is 12.4. The topological polar surface area (TPSA) is 17.1 Å². The molecular weight excluding hydrogens is 279 g/mol. The summed E-state index contributed by atoms with van der Waals surface area (Å²) in [6.45, 7) is 0. The van der Waals surface area contributed by atoms with Gasteiger partial charge in [0.05, 0.1) is 0 Å². The quantitative estimate of drug-likeness (QED) is 0.615. The number of hydrogen-bond acceptors (Lipinski definition) is 1. The van der Waals surface area contributed by atoms with Crippen LogP contribution in [0.15, 0.2) is 58.7 Å². The summed E-state index contributed by atoms with van der Waals surface area (Å²) < 4.78 is -1.22. The molecule has 3 heteroatoms. The van der Waals surface area contributed by atoms with Crippen molar-refractivity contribution in [3.05, 3.63) is 58.7 Å². The van der Waals surface area contributed by atoms with Gasteiger partial charge >= 0.3 is 0 Å². The van der Waals surface area contributed by atoms with E-state index in [-0.39, 0.29) is 17.6 Å². The number of fused-ring (bicyclic) bond motifs is 5. The SMILES string of the molecule is O=C1C2CC3=C(C=CC4=CC=CC=C3C4)C2C1(Cl)Cl. The molecular formula is C16H12Cl2O. The number of ketones is 1. The molecule has 19 heavy (non-hydrogen) atoms. The maximum atomic E-state index is 12.0. The number of rotatable bonds is 0. The third-order valence-corrected chi connectivity index (χ3v) is 5.39. The van der Waals surface area contributed by atoms with Crippen molar-refractivity contribution in [2.24, 2.45) is 11.8 Å². The third-order valence-electron chi connectivity index (χ3n) is 4.54. The van der Waals surface area contributed by atoms with E-state index in [1.807, 2.05) is 0 Å². The minimum atomic E-state index is -1.22. The third kappa shape index (κ3) is 1.46. The average Bonchev–Trinajstić information content (AvgIpc) is 2.51. The normalized spacial score (nSPS) is 33.9. The van der Waals surface area contributed by atoms with E-state index in [2.05, 4.69) is 36.5 Å². The van der Waals surface area contributed by atoms with Crippen LogP contribution in [0.1, 0.15) is 12.8 Å². The Labute approximate surface area is 122 Å². The molecule has 4 rings (SSSR count). The van der Waals surface area contributed by atoms with Gasteiger partial charge in [0.1, 0.15) is 0 Å². The maximum Gasteiger partial charge on any atom is 0.183 e. The number of hydrogen-bond donors (Lipinski definition) is 0. The fourth-order valence-corrected chi connectivity index (χ4v) is 4.40. The van der Waals surface area contributed by atoms with Crippen LogP contribution in [-0.4, -0.2) is 10.1 Å². The molecule has 1 nitrogen and oxygen atoms in total. The van der Waals surface area contributed by atoms with Crippen molar-refractivity contribution in [1.29, 1.82) is 0 Å². The highest BCUT2D eigenvalue weighted by Crippen LogP contribution is 2.60. The zero-order valence-electron chi connectivity index (χ0n) is 10.2. The van der Waals surface area contributed by atoms with Crippen LogP contribution >= 0.6 is 23.2 Å². The molecule has 4 aliphatic rings. The second kappa shape index (κ2) is 3.74. The van der Waals surface area contributed by atoms with Gasteiger partial charge in [0.2, 0.25) is 0 Å². The molecule has 1 saturated carbocycles. The highest BCUT2D eigenvalue weighted by atomic mass is 35.5. The van der Waals surface area contributed by atoms with Crippen molar-refractivity contribution < 1.29 is 4.79 Å². The Morgan fingerprint density at radius 1 is 1.16 bits per heavy atom. The molecule has 0 spiro atoms. The largest absolute Gasteiger partial charge is 0.296 e. The van der Waals surface area contributed by atoms with Gasteiger partial charge in [-0.1, -0.05) is 59.7 Å². The predicted molar refractivity (Wildman–Crippen MR) is 77.1 cm³/mol. The molecule has 0 N–H and O–H groups in total. The van der Waals surface area contributed by atoms with Crippen molar-refractivity contribution in [1.82, 2.24) is 0 Å². The summed E-state index contributed by atoms with van der Waals surface area (Å²) in [4.78, 5) is 12.0. The standard InChI is InChI=1S/C16H12Cl2O/c17-16(18)14-11-6-5-9-3-1-2-4-10(7-9)12(11)8-13(14)15(16)19/h1-6,13-14H,7-8H2. The molecule has 96 valence electrons. The van der Waals surface area contributed by atoms with Gasteiger partial charge in [-0.2, -0.15) is 0 Å². The first-order chi connectivity index (χ1) is 9.09. The maximum absolute atomic E-state index is 12.0. The minimum Gasteiger partial charge on any atom is -0.296 e. The lowest BCUT2D eigenvalue weighted by molar-refractivity contribution is -0.133. The molecule has 0 saturated heterocycles. The Morgan fingerprint density at radius 2 is 1.95 bits per heavy atom. The highest BCUT2D eigenvalue weighted by Gasteiger charge is 2.64. The smallest absolute Gasteiger partial charge is 0.183 e. The van der Waals surface area contributed by atoms with Crippen molar-refractivity contribution in [3.8, 4) is 0 Å². The molecule has 0 heterocycles. The van der Waals surface area contributed by atoms with Gasteiger partial charge in [-0.15, -0.1) is 0 Å². The zero-order chi connectivity index (χ0) is 13.2. The second-order valence-corrected chi connectivity index (χ2v) is 6.92. The minimum absolute atomic E-state index is 0.0108. The molecule has 4 aliphatic carbocycles. The molecule has 2 unspecified atom stereocenters. The van der Waals surface area contributed by atoms with E-state index >= 15 is 0 Å². The number of Topliss-reactive ketones (excluding diaryl/α,β-unsaturated/α-hetero) is 1. The molecule has 2 bridgehead atoms. The number of carbonyl (C=O) groups is 1. The van der Waals surface area contributed by atoms with Gasteiger partial charge < -0.3 is 0 Å². The zero-order valence-corrected chi connectivity index (χ0v) is 11.7. The highest BCUT2D eigenvalue weighted by molar-refractivity contribution is 6.61. The van der Waals surface area contributed by atoms with Gasteiger partial charge in [-0.3, -0.25) is 4.79 Å². The van der Waals surface area contributed by atoms with E-state index in [0.29, 0.717) is 0 Å². The first-order valence-electron chi connectivity index (χ1n) is 6.49.